The van der Waals surface area contributed by atoms with Crippen LogP contribution in [0.15, 0.2) is 18.2 Å². The number of aryl methyl sites for hydroxylation is 1. The first-order valence-corrected chi connectivity index (χ1v) is 13.3. The smallest absolute Gasteiger partial charge is 0.248 e. The Morgan fingerprint density at radius 2 is 1.89 bits per heavy atom. The first-order valence-electron chi connectivity index (χ1n) is 12.9. The van der Waals surface area contributed by atoms with E-state index in [0.29, 0.717) is 43.2 Å². The predicted molar refractivity (Wildman–Crippen MR) is 137 cm³/mol. The Hall–Kier alpha value is -1.57. The van der Waals surface area contributed by atoms with Gasteiger partial charge in [-0.05, 0) is 80.5 Å². The van der Waals surface area contributed by atoms with E-state index in [4.69, 9.17) is 11.6 Å². The molecule has 0 aliphatic heterocycles. The Morgan fingerprint density at radius 3 is 2.50 bits per heavy atom. The Morgan fingerprint density at radius 1 is 1.19 bits per heavy atom. The van der Waals surface area contributed by atoms with Gasteiger partial charge in [-0.1, -0.05) is 17.7 Å². The quantitative estimate of drug-likeness (QED) is 0.381. The lowest BCUT2D eigenvalue weighted by Crippen LogP contribution is -2.42. The second kappa shape index (κ2) is 10.7. The van der Waals surface area contributed by atoms with Crippen molar-refractivity contribution < 1.29 is 18.7 Å². The molecule has 3 saturated carbocycles. The number of alkyl halides is 2. The van der Waals surface area contributed by atoms with Gasteiger partial charge in [-0.2, -0.15) is 0 Å². The van der Waals surface area contributed by atoms with Crippen molar-refractivity contribution >= 4 is 29.8 Å². The van der Waals surface area contributed by atoms with Crippen LogP contribution in [-0.2, 0) is 11.2 Å². The van der Waals surface area contributed by atoms with Gasteiger partial charge in [0.25, 0.3) is 0 Å². The van der Waals surface area contributed by atoms with Crippen molar-refractivity contribution in [3.05, 3.63) is 46.0 Å². The van der Waals surface area contributed by atoms with Crippen molar-refractivity contribution in [2.24, 2.45) is 5.41 Å². The van der Waals surface area contributed by atoms with E-state index < -0.39 is 5.92 Å². The van der Waals surface area contributed by atoms with Crippen LogP contribution in [0.25, 0.3) is 0 Å². The zero-order valence-corrected chi connectivity index (χ0v) is 22.3. The molecule has 1 aromatic carbocycles. The number of halogens is 4. The topological polar surface area (TPSA) is 68.0 Å². The van der Waals surface area contributed by atoms with E-state index >= 15 is 0 Å². The minimum Gasteiger partial charge on any atom is -0.396 e. The van der Waals surface area contributed by atoms with Gasteiger partial charge in [-0.25, -0.2) is 8.78 Å². The fourth-order valence-corrected chi connectivity index (χ4v) is 6.42. The lowest BCUT2D eigenvalue weighted by molar-refractivity contribution is -0.118. The molecule has 36 heavy (non-hydrogen) atoms. The van der Waals surface area contributed by atoms with E-state index in [2.05, 4.69) is 14.8 Å². The summed E-state index contributed by atoms with van der Waals surface area (Å²) in [6, 6.07) is 5.91. The van der Waals surface area contributed by atoms with Crippen molar-refractivity contribution in [1.82, 2.24) is 14.8 Å². The first-order chi connectivity index (χ1) is 16.7. The number of aromatic nitrogens is 3. The molecule has 5 nitrogen and oxygen atoms in total. The molecule has 1 spiro atoms. The molecule has 9 heteroatoms. The van der Waals surface area contributed by atoms with Crippen molar-refractivity contribution in [1.29, 1.82) is 0 Å². The molecule has 0 saturated heterocycles. The van der Waals surface area contributed by atoms with Gasteiger partial charge in [0.05, 0.1) is 0 Å². The molecular formula is C27H35Cl2F2N3O2. The maximum atomic E-state index is 13.7. The Bertz CT molecular complexity index is 1080. The van der Waals surface area contributed by atoms with E-state index in [1.807, 2.05) is 19.1 Å². The molecule has 2 aromatic rings. The molecule has 3 aliphatic carbocycles. The minimum absolute atomic E-state index is 0. The number of aliphatic hydroxyl groups excluding tert-OH is 1. The van der Waals surface area contributed by atoms with Gasteiger partial charge >= 0.3 is 0 Å². The van der Waals surface area contributed by atoms with Crippen LogP contribution >= 0.6 is 24.0 Å². The van der Waals surface area contributed by atoms with Gasteiger partial charge in [-0.15, -0.1) is 22.6 Å². The molecule has 1 aromatic heterocycles. The molecule has 0 unspecified atom stereocenters. The Balaban J connectivity index is 0.00000304. The molecule has 0 radical (unpaired) electrons. The number of carbonyl (C=O) groups excluding carboxylic acids is 1. The average Bonchev–Trinajstić information content (AvgIpc) is 3.52. The van der Waals surface area contributed by atoms with E-state index in [0.717, 1.165) is 48.5 Å². The monoisotopic (exact) mass is 541 g/mol. The van der Waals surface area contributed by atoms with Crippen LogP contribution in [0.4, 0.5) is 8.78 Å². The summed E-state index contributed by atoms with van der Waals surface area (Å²) in [5.41, 5.74) is 1.99. The summed E-state index contributed by atoms with van der Waals surface area (Å²) in [5.74, 6) is -0.600. The highest BCUT2D eigenvalue weighted by atomic mass is 35.5. The SMILES string of the molecule is Cc1cc(Cl)ccc1CC(=O)C[C@H](CCO)c1nnc(C2CC3(CCC(F)(F)CC3)C2)n1C1CC1.Cl. The van der Waals surface area contributed by atoms with Crippen molar-refractivity contribution in [2.45, 2.75) is 101 Å². The number of rotatable bonds is 9. The average molecular weight is 542 g/mol. The fourth-order valence-electron chi connectivity index (χ4n) is 6.20. The summed E-state index contributed by atoms with van der Waals surface area (Å²) < 4.78 is 29.6. The number of benzene rings is 1. The highest BCUT2D eigenvalue weighted by Gasteiger charge is 2.52. The zero-order valence-electron chi connectivity index (χ0n) is 20.7. The second-order valence-corrected chi connectivity index (χ2v) is 11.6. The van der Waals surface area contributed by atoms with Gasteiger partial charge in [0, 0.05) is 55.2 Å². The van der Waals surface area contributed by atoms with Crippen LogP contribution in [0, 0.1) is 12.3 Å². The highest BCUT2D eigenvalue weighted by Crippen LogP contribution is 2.60. The third kappa shape index (κ3) is 5.78. The fraction of sp³-hybridized carbons (Fsp3) is 0.667. The Kier molecular flexibility index (Phi) is 8.13. The van der Waals surface area contributed by atoms with E-state index in [-0.39, 0.29) is 54.9 Å². The molecule has 3 fully saturated rings. The standard InChI is InChI=1S/C27H34ClF2N3O2.ClH/c1-17-12-21(28)3-2-18(17)13-23(35)14-19(6-11-34)24-31-32-25(33(24)22-4-5-22)20-15-26(16-20)7-9-27(29,30)10-8-26;/h2-3,12,19-20,22,34H,4-11,13-16H2,1H3;1H/t19-;/m0./s1. The number of hydrogen-bond acceptors (Lipinski definition) is 4. The summed E-state index contributed by atoms with van der Waals surface area (Å²) in [4.78, 5) is 13.0. The number of nitrogens with zero attached hydrogens (tertiary/aromatic N) is 3. The predicted octanol–water partition coefficient (Wildman–Crippen LogP) is 6.74. The third-order valence-corrected chi connectivity index (χ3v) is 8.67. The van der Waals surface area contributed by atoms with Crippen LogP contribution < -0.4 is 0 Å². The number of carbonyl (C=O) groups is 1. The lowest BCUT2D eigenvalue weighted by atomic mass is 9.55. The van der Waals surface area contributed by atoms with Gasteiger partial charge in [-0.3, -0.25) is 4.79 Å². The summed E-state index contributed by atoms with van der Waals surface area (Å²) >= 11 is 6.05. The molecule has 0 amide bonds. The summed E-state index contributed by atoms with van der Waals surface area (Å²) in [7, 11) is 0. The summed E-state index contributed by atoms with van der Waals surface area (Å²) in [6.45, 7) is 1.93. The van der Waals surface area contributed by atoms with Crippen molar-refractivity contribution in [2.75, 3.05) is 6.61 Å². The zero-order chi connectivity index (χ0) is 24.8. The largest absolute Gasteiger partial charge is 0.396 e. The van der Waals surface area contributed by atoms with Crippen LogP contribution in [0.2, 0.25) is 5.02 Å². The number of ketones is 1. The summed E-state index contributed by atoms with van der Waals surface area (Å²) in [6.07, 6.45) is 6.17. The molecule has 0 bridgehead atoms. The molecule has 3 aliphatic rings. The third-order valence-electron chi connectivity index (χ3n) is 8.44. The normalized spacial score (nSPS) is 21.6. The number of hydrogen-bond donors (Lipinski definition) is 1. The second-order valence-electron chi connectivity index (χ2n) is 11.2. The van der Waals surface area contributed by atoms with E-state index in [1.165, 1.54) is 0 Å². The summed E-state index contributed by atoms with van der Waals surface area (Å²) in [5, 5.41) is 19.6. The minimum atomic E-state index is -2.51. The van der Waals surface area contributed by atoms with Crippen LogP contribution in [0.3, 0.4) is 0 Å². The van der Waals surface area contributed by atoms with Crippen LogP contribution in [-0.4, -0.2) is 38.2 Å². The highest BCUT2D eigenvalue weighted by molar-refractivity contribution is 6.30. The maximum Gasteiger partial charge on any atom is 0.248 e. The molecular weight excluding hydrogens is 507 g/mol. The molecule has 5 rings (SSSR count). The van der Waals surface area contributed by atoms with E-state index in [9.17, 15) is 18.7 Å². The molecule has 198 valence electrons. The molecule has 1 atom stereocenters. The van der Waals surface area contributed by atoms with Crippen molar-refractivity contribution in [3.63, 3.8) is 0 Å². The van der Waals surface area contributed by atoms with E-state index in [1.54, 1.807) is 6.07 Å². The Labute approximate surface area is 222 Å². The molecule has 1 N–H and O–H groups in total. The van der Waals surface area contributed by atoms with Crippen molar-refractivity contribution in [3.8, 4) is 0 Å². The number of Topliss-reactive ketones (excluding diaryl/α,β-unsaturated/α-hetero) is 1. The van der Waals surface area contributed by atoms with Crippen LogP contribution in [0.1, 0.15) is 105 Å². The van der Waals surface area contributed by atoms with Gasteiger partial charge < -0.3 is 9.67 Å². The van der Waals surface area contributed by atoms with Gasteiger partial charge in [0.15, 0.2) is 0 Å². The first kappa shape index (κ1) is 27.5. The van der Waals surface area contributed by atoms with Gasteiger partial charge in [0.1, 0.15) is 17.4 Å². The lowest BCUT2D eigenvalue weighted by Gasteiger charge is -2.51. The maximum absolute atomic E-state index is 13.7. The molecule has 1 heterocycles. The number of aliphatic hydroxyl groups is 1. The van der Waals surface area contributed by atoms with Gasteiger partial charge in [0.2, 0.25) is 5.92 Å². The van der Waals surface area contributed by atoms with Crippen LogP contribution in [0.5, 0.6) is 0 Å².